The van der Waals surface area contributed by atoms with Crippen LogP contribution in [0.25, 0.3) is 0 Å². The lowest BCUT2D eigenvalue weighted by atomic mass is 10.1. The molecule has 2 atom stereocenters. The molecule has 1 amide bonds. The van der Waals surface area contributed by atoms with Crippen molar-refractivity contribution in [3.63, 3.8) is 0 Å². The first kappa shape index (κ1) is 11.9. The van der Waals surface area contributed by atoms with E-state index in [4.69, 9.17) is 5.11 Å². The number of rotatable bonds is 4. The summed E-state index contributed by atoms with van der Waals surface area (Å²) in [6.45, 7) is 5.66. The van der Waals surface area contributed by atoms with Crippen LogP contribution in [0.2, 0.25) is 0 Å². The Morgan fingerprint density at radius 2 is 2.00 bits per heavy atom. The fourth-order valence-corrected chi connectivity index (χ4v) is 0.803. The van der Waals surface area contributed by atoms with E-state index in [9.17, 15) is 4.79 Å². The van der Waals surface area contributed by atoms with E-state index in [1.807, 2.05) is 13.8 Å². The van der Waals surface area contributed by atoms with Crippen LogP contribution in [0.5, 0.6) is 0 Å². The predicted molar refractivity (Wildman–Crippen MR) is 52.2 cm³/mol. The lowest BCUT2D eigenvalue weighted by Gasteiger charge is -2.16. The third-order valence-electron chi connectivity index (χ3n) is 1.50. The number of carbonyl (C=O) groups is 1. The molecule has 0 rings (SSSR count). The van der Waals surface area contributed by atoms with Crippen LogP contribution in [-0.4, -0.2) is 28.5 Å². The second-order valence-corrected chi connectivity index (χ2v) is 4.22. The van der Waals surface area contributed by atoms with Gasteiger partial charge >= 0.3 is 0 Å². The Labute approximate surface area is 81.7 Å². The zero-order chi connectivity index (χ0) is 9.72. The molecule has 2 N–H and O–H groups in total. The summed E-state index contributed by atoms with van der Waals surface area (Å²) in [6.07, 6.45) is 0. The van der Waals surface area contributed by atoms with Crippen molar-refractivity contribution in [2.75, 3.05) is 6.61 Å². The predicted octanol–water partition coefficient (Wildman–Crippen LogP) is 0.903. The first-order valence-corrected chi connectivity index (χ1v) is 4.96. The number of hydrogen-bond donors (Lipinski definition) is 2. The standard InChI is InChI=1S/C8H16BrNO2/c1-5(2)7(9)8(12)10-6(3)4-11/h5-7,11H,4H2,1-3H3,(H,10,12). The Kier molecular flexibility index (Phi) is 5.50. The minimum absolute atomic E-state index is 0.0243. The summed E-state index contributed by atoms with van der Waals surface area (Å²) in [5.41, 5.74) is 0. The van der Waals surface area contributed by atoms with Crippen molar-refractivity contribution in [1.82, 2.24) is 5.32 Å². The lowest BCUT2D eigenvalue weighted by molar-refractivity contribution is -0.121. The normalized spacial score (nSPS) is 15.8. The molecular formula is C8H16BrNO2. The summed E-state index contributed by atoms with van der Waals surface area (Å²) in [7, 11) is 0. The Morgan fingerprint density at radius 1 is 1.50 bits per heavy atom. The van der Waals surface area contributed by atoms with Crippen molar-refractivity contribution in [2.24, 2.45) is 5.92 Å². The molecule has 0 aliphatic rings. The number of nitrogens with one attached hydrogen (secondary N) is 1. The Morgan fingerprint density at radius 3 is 2.33 bits per heavy atom. The number of aliphatic hydroxyl groups is 1. The second-order valence-electron chi connectivity index (χ2n) is 3.24. The lowest BCUT2D eigenvalue weighted by Crippen LogP contribution is -2.41. The fourth-order valence-electron chi connectivity index (χ4n) is 0.671. The van der Waals surface area contributed by atoms with Crippen molar-refractivity contribution in [3.8, 4) is 0 Å². The van der Waals surface area contributed by atoms with E-state index in [-0.39, 0.29) is 29.3 Å². The molecular weight excluding hydrogens is 222 g/mol. The number of aliphatic hydroxyl groups excluding tert-OH is 1. The Hall–Kier alpha value is -0.0900. The zero-order valence-corrected chi connectivity index (χ0v) is 9.26. The molecule has 0 aliphatic heterocycles. The average molecular weight is 238 g/mol. The first-order chi connectivity index (χ1) is 5.49. The van der Waals surface area contributed by atoms with Gasteiger partial charge in [-0.25, -0.2) is 0 Å². The maximum atomic E-state index is 11.3. The van der Waals surface area contributed by atoms with E-state index in [2.05, 4.69) is 21.2 Å². The van der Waals surface area contributed by atoms with Gasteiger partial charge in [-0.2, -0.15) is 0 Å². The maximum Gasteiger partial charge on any atom is 0.234 e. The van der Waals surface area contributed by atoms with Gasteiger partial charge in [0, 0.05) is 6.04 Å². The molecule has 0 bridgehead atoms. The number of amides is 1. The van der Waals surface area contributed by atoms with Crippen molar-refractivity contribution >= 4 is 21.8 Å². The van der Waals surface area contributed by atoms with E-state index >= 15 is 0 Å². The molecule has 2 unspecified atom stereocenters. The number of alkyl halides is 1. The highest BCUT2D eigenvalue weighted by molar-refractivity contribution is 9.10. The Balaban J connectivity index is 3.87. The fraction of sp³-hybridized carbons (Fsp3) is 0.875. The van der Waals surface area contributed by atoms with E-state index in [0.717, 1.165) is 0 Å². The van der Waals surface area contributed by atoms with Gasteiger partial charge in [0.25, 0.3) is 0 Å². The van der Waals surface area contributed by atoms with Crippen LogP contribution in [0.3, 0.4) is 0 Å². The molecule has 72 valence electrons. The van der Waals surface area contributed by atoms with Gasteiger partial charge in [-0.1, -0.05) is 29.8 Å². The van der Waals surface area contributed by atoms with Gasteiger partial charge in [0.2, 0.25) is 5.91 Å². The highest BCUT2D eigenvalue weighted by Gasteiger charge is 2.19. The first-order valence-electron chi connectivity index (χ1n) is 4.04. The average Bonchev–Trinajstić information content (AvgIpc) is 2.02. The largest absolute Gasteiger partial charge is 0.394 e. The third-order valence-corrected chi connectivity index (χ3v) is 2.97. The molecule has 0 saturated carbocycles. The van der Waals surface area contributed by atoms with E-state index in [1.54, 1.807) is 6.92 Å². The number of hydrogen-bond acceptors (Lipinski definition) is 2. The SMILES string of the molecule is CC(CO)NC(=O)C(Br)C(C)C. The molecule has 0 spiro atoms. The molecule has 0 aromatic rings. The molecule has 0 aromatic carbocycles. The quantitative estimate of drug-likeness (QED) is 0.715. The van der Waals surface area contributed by atoms with Gasteiger partial charge in [0.05, 0.1) is 11.4 Å². The van der Waals surface area contributed by atoms with E-state index in [0.29, 0.717) is 0 Å². The molecule has 0 aliphatic carbocycles. The zero-order valence-electron chi connectivity index (χ0n) is 7.67. The topological polar surface area (TPSA) is 49.3 Å². The molecule has 0 fully saturated rings. The summed E-state index contributed by atoms with van der Waals surface area (Å²) in [5.74, 6) is 0.197. The van der Waals surface area contributed by atoms with E-state index in [1.165, 1.54) is 0 Å². The summed E-state index contributed by atoms with van der Waals surface area (Å²) < 4.78 is 0. The number of carbonyl (C=O) groups excluding carboxylic acids is 1. The minimum atomic E-state index is -0.175. The third kappa shape index (κ3) is 4.07. The highest BCUT2D eigenvalue weighted by Crippen LogP contribution is 2.11. The Bertz CT molecular complexity index is 150. The number of halogens is 1. The van der Waals surface area contributed by atoms with Crippen LogP contribution in [0.4, 0.5) is 0 Å². The van der Waals surface area contributed by atoms with Gasteiger partial charge in [0.15, 0.2) is 0 Å². The van der Waals surface area contributed by atoms with E-state index < -0.39 is 0 Å². The van der Waals surface area contributed by atoms with Crippen molar-refractivity contribution in [3.05, 3.63) is 0 Å². The molecule has 4 heteroatoms. The van der Waals surface area contributed by atoms with Crippen LogP contribution in [0.1, 0.15) is 20.8 Å². The van der Waals surface area contributed by atoms with Crippen LogP contribution in [0.15, 0.2) is 0 Å². The van der Waals surface area contributed by atoms with Crippen molar-refractivity contribution in [2.45, 2.75) is 31.6 Å². The summed E-state index contributed by atoms with van der Waals surface area (Å²) >= 11 is 3.27. The van der Waals surface area contributed by atoms with Gasteiger partial charge in [0.1, 0.15) is 0 Å². The van der Waals surface area contributed by atoms with Crippen molar-refractivity contribution in [1.29, 1.82) is 0 Å². The maximum absolute atomic E-state index is 11.3. The van der Waals surface area contributed by atoms with Crippen LogP contribution in [-0.2, 0) is 4.79 Å². The smallest absolute Gasteiger partial charge is 0.234 e. The molecule has 0 saturated heterocycles. The van der Waals surface area contributed by atoms with Gasteiger partial charge in [-0.15, -0.1) is 0 Å². The van der Waals surface area contributed by atoms with Gasteiger partial charge in [-0.3, -0.25) is 4.79 Å². The van der Waals surface area contributed by atoms with Crippen LogP contribution >= 0.6 is 15.9 Å². The molecule has 12 heavy (non-hydrogen) atoms. The van der Waals surface area contributed by atoms with Gasteiger partial charge in [-0.05, 0) is 12.8 Å². The second kappa shape index (κ2) is 5.54. The highest BCUT2D eigenvalue weighted by atomic mass is 79.9. The summed E-state index contributed by atoms with van der Waals surface area (Å²) in [4.78, 5) is 11.1. The van der Waals surface area contributed by atoms with Crippen LogP contribution in [0, 0.1) is 5.92 Å². The molecule has 0 aromatic heterocycles. The monoisotopic (exact) mass is 237 g/mol. The van der Waals surface area contributed by atoms with Crippen LogP contribution < -0.4 is 5.32 Å². The summed E-state index contributed by atoms with van der Waals surface area (Å²) in [6, 6.07) is -0.170. The molecule has 0 heterocycles. The molecule has 3 nitrogen and oxygen atoms in total. The molecule has 0 radical (unpaired) electrons. The minimum Gasteiger partial charge on any atom is -0.394 e. The van der Waals surface area contributed by atoms with Crippen molar-refractivity contribution < 1.29 is 9.90 Å². The summed E-state index contributed by atoms with van der Waals surface area (Å²) in [5, 5.41) is 11.3. The van der Waals surface area contributed by atoms with Gasteiger partial charge < -0.3 is 10.4 Å².